The molecule has 0 heterocycles. The lowest BCUT2D eigenvalue weighted by atomic mass is 9.42. The first-order chi connectivity index (χ1) is 13.7. The average molecular weight is 403 g/mol. The molecule has 0 radical (unpaired) electrons. The SMILES string of the molecule is CCC=CC1C[C@H](OC(C)=O)[C@@]2(C)CC[C@H]3[C@@H](CC[C@H]4C[C@H](O)C[C@H](C)[C@@]43C)[C@H]12. The highest BCUT2D eigenvalue weighted by atomic mass is 16.5. The summed E-state index contributed by atoms with van der Waals surface area (Å²) in [5.74, 6) is 3.75. The molecular weight excluding hydrogens is 360 g/mol. The summed E-state index contributed by atoms with van der Waals surface area (Å²) in [4.78, 5) is 11.9. The van der Waals surface area contributed by atoms with Crippen LogP contribution in [0.2, 0.25) is 0 Å². The van der Waals surface area contributed by atoms with E-state index in [-0.39, 0.29) is 23.6 Å². The number of aliphatic hydroxyl groups excluding tert-OH is 1. The van der Waals surface area contributed by atoms with Crippen LogP contribution in [-0.2, 0) is 9.53 Å². The van der Waals surface area contributed by atoms with E-state index in [9.17, 15) is 9.90 Å². The monoisotopic (exact) mass is 402 g/mol. The van der Waals surface area contributed by atoms with E-state index in [1.807, 2.05) is 0 Å². The molecule has 10 atom stereocenters. The molecule has 0 aromatic carbocycles. The van der Waals surface area contributed by atoms with E-state index in [4.69, 9.17) is 4.74 Å². The van der Waals surface area contributed by atoms with Gasteiger partial charge in [0, 0.05) is 12.3 Å². The van der Waals surface area contributed by atoms with Crippen molar-refractivity contribution in [1.82, 2.24) is 0 Å². The number of fused-ring (bicyclic) bond motifs is 5. The molecule has 0 aromatic heterocycles. The van der Waals surface area contributed by atoms with E-state index < -0.39 is 0 Å². The molecule has 1 unspecified atom stereocenters. The van der Waals surface area contributed by atoms with Gasteiger partial charge < -0.3 is 9.84 Å². The predicted molar refractivity (Wildman–Crippen MR) is 116 cm³/mol. The van der Waals surface area contributed by atoms with Gasteiger partial charge in [0.1, 0.15) is 6.10 Å². The molecule has 3 heteroatoms. The Bertz CT molecular complexity index is 656. The van der Waals surface area contributed by atoms with Crippen LogP contribution in [0, 0.1) is 46.3 Å². The molecule has 4 saturated carbocycles. The van der Waals surface area contributed by atoms with Crippen molar-refractivity contribution in [1.29, 1.82) is 0 Å². The molecule has 4 fully saturated rings. The molecular formula is C26H42O3. The van der Waals surface area contributed by atoms with Crippen LogP contribution in [0.5, 0.6) is 0 Å². The van der Waals surface area contributed by atoms with Crippen LogP contribution in [0.25, 0.3) is 0 Å². The number of carbonyl (C=O) groups is 1. The Morgan fingerprint density at radius 2 is 1.93 bits per heavy atom. The number of hydrogen-bond acceptors (Lipinski definition) is 3. The number of allylic oxidation sites excluding steroid dienone is 2. The zero-order chi connectivity index (χ0) is 21.0. The van der Waals surface area contributed by atoms with Gasteiger partial charge in [-0.3, -0.25) is 4.79 Å². The summed E-state index contributed by atoms with van der Waals surface area (Å²) >= 11 is 0. The summed E-state index contributed by atoms with van der Waals surface area (Å²) in [6, 6.07) is 0. The van der Waals surface area contributed by atoms with Crippen molar-refractivity contribution in [2.45, 2.75) is 98.2 Å². The van der Waals surface area contributed by atoms with Gasteiger partial charge in [-0.2, -0.15) is 0 Å². The fourth-order valence-corrected chi connectivity index (χ4v) is 8.71. The summed E-state index contributed by atoms with van der Waals surface area (Å²) in [6.07, 6.45) is 13.8. The summed E-state index contributed by atoms with van der Waals surface area (Å²) in [7, 11) is 0. The largest absolute Gasteiger partial charge is 0.462 e. The molecule has 0 aliphatic heterocycles. The number of ether oxygens (including phenoxy) is 1. The van der Waals surface area contributed by atoms with Gasteiger partial charge in [-0.1, -0.05) is 39.8 Å². The molecule has 4 aliphatic rings. The lowest BCUT2D eigenvalue weighted by molar-refractivity contribution is -0.172. The molecule has 4 rings (SSSR count). The third-order valence-corrected chi connectivity index (χ3v) is 10.1. The van der Waals surface area contributed by atoms with Crippen molar-refractivity contribution in [3.8, 4) is 0 Å². The van der Waals surface area contributed by atoms with Crippen molar-refractivity contribution < 1.29 is 14.6 Å². The van der Waals surface area contributed by atoms with Gasteiger partial charge in [0.15, 0.2) is 0 Å². The van der Waals surface area contributed by atoms with Crippen LogP contribution in [0.4, 0.5) is 0 Å². The zero-order valence-electron chi connectivity index (χ0n) is 19.2. The van der Waals surface area contributed by atoms with E-state index in [2.05, 4.69) is 39.8 Å². The second-order valence-electron chi connectivity index (χ2n) is 11.3. The fraction of sp³-hybridized carbons (Fsp3) is 0.885. The Labute approximate surface area is 177 Å². The first kappa shape index (κ1) is 21.4. The van der Waals surface area contributed by atoms with Crippen LogP contribution in [0.15, 0.2) is 12.2 Å². The molecule has 0 saturated heterocycles. The van der Waals surface area contributed by atoms with Gasteiger partial charge in [0.25, 0.3) is 0 Å². The predicted octanol–water partition coefficient (Wildman–Crippen LogP) is 5.76. The molecule has 164 valence electrons. The molecule has 0 spiro atoms. The second-order valence-corrected chi connectivity index (χ2v) is 11.3. The summed E-state index contributed by atoms with van der Waals surface area (Å²) in [5.41, 5.74) is 0.457. The average Bonchev–Trinajstić information content (AvgIpc) is 2.92. The second kappa shape index (κ2) is 7.70. The highest BCUT2D eigenvalue weighted by molar-refractivity contribution is 5.66. The number of rotatable bonds is 3. The maximum Gasteiger partial charge on any atom is 0.302 e. The van der Waals surface area contributed by atoms with Crippen molar-refractivity contribution in [2.24, 2.45) is 46.3 Å². The van der Waals surface area contributed by atoms with Gasteiger partial charge in [0.2, 0.25) is 0 Å². The topological polar surface area (TPSA) is 46.5 Å². The maximum absolute atomic E-state index is 11.9. The molecule has 1 N–H and O–H groups in total. The van der Waals surface area contributed by atoms with Crippen molar-refractivity contribution >= 4 is 5.97 Å². The summed E-state index contributed by atoms with van der Waals surface area (Å²) in [6.45, 7) is 11.2. The Morgan fingerprint density at radius 3 is 2.62 bits per heavy atom. The Balaban J connectivity index is 1.68. The number of hydrogen-bond donors (Lipinski definition) is 1. The highest BCUT2D eigenvalue weighted by Crippen LogP contribution is 2.68. The van der Waals surface area contributed by atoms with Gasteiger partial charge in [-0.05, 0) is 92.3 Å². The number of carbonyl (C=O) groups excluding carboxylic acids is 1. The zero-order valence-corrected chi connectivity index (χ0v) is 19.2. The minimum Gasteiger partial charge on any atom is -0.462 e. The highest BCUT2D eigenvalue weighted by Gasteiger charge is 2.64. The fourth-order valence-electron chi connectivity index (χ4n) is 8.71. The maximum atomic E-state index is 11.9. The van der Waals surface area contributed by atoms with Crippen LogP contribution in [0.1, 0.15) is 86.0 Å². The molecule has 3 nitrogen and oxygen atoms in total. The van der Waals surface area contributed by atoms with Gasteiger partial charge in [-0.25, -0.2) is 0 Å². The van der Waals surface area contributed by atoms with Gasteiger partial charge >= 0.3 is 5.97 Å². The summed E-state index contributed by atoms with van der Waals surface area (Å²) < 4.78 is 5.93. The number of aliphatic hydroxyl groups is 1. The molecule has 0 aromatic rings. The van der Waals surface area contributed by atoms with Gasteiger partial charge in [0.05, 0.1) is 6.10 Å². The standard InChI is InChI=1S/C26H42O3/c1-6-7-8-18-14-23(29-17(3)27)25(4)12-11-22-21(24(18)25)10-9-19-15-20(28)13-16(2)26(19,22)5/h7-8,16,18-24,28H,6,9-15H2,1-5H3/t16-,18?,19-,20+,21+,22-,23-,24-,25+,26-/m0/s1. The van der Waals surface area contributed by atoms with E-state index in [1.165, 1.54) is 25.7 Å². The lowest BCUT2D eigenvalue weighted by Crippen LogP contribution is -2.57. The normalized spacial score (nSPS) is 51.9. The van der Waals surface area contributed by atoms with E-state index in [0.29, 0.717) is 29.1 Å². The minimum atomic E-state index is -0.122. The van der Waals surface area contributed by atoms with Gasteiger partial charge in [-0.15, -0.1) is 0 Å². The van der Waals surface area contributed by atoms with E-state index in [1.54, 1.807) is 6.92 Å². The Morgan fingerprint density at radius 1 is 1.17 bits per heavy atom. The lowest BCUT2D eigenvalue weighted by Gasteiger charge is -2.63. The van der Waals surface area contributed by atoms with Crippen LogP contribution >= 0.6 is 0 Å². The quantitative estimate of drug-likeness (QED) is 0.482. The third kappa shape index (κ3) is 3.30. The van der Waals surface area contributed by atoms with Crippen molar-refractivity contribution in [2.75, 3.05) is 0 Å². The first-order valence-electron chi connectivity index (χ1n) is 12.2. The van der Waals surface area contributed by atoms with Crippen molar-refractivity contribution in [3.05, 3.63) is 12.2 Å². The molecule has 4 aliphatic carbocycles. The van der Waals surface area contributed by atoms with Crippen LogP contribution < -0.4 is 0 Å². The van der Waals surface area contributed by atoms with Crippen LogP contribution in [-0.4, -0.2) is 23.3 Å². The van der Waals surface area contributed by atoms with Crippen LogP contribution in [0.3, 0.4) is 0 Å². The number of esters is 1. The molecule has 0 bridgehead atoms. The third-order valence-electron chi connectivity index (χ3n) is 10.1. The summed E-state index contributed by atoms with van der Waals surface area (Å²) in [5, 5.41) is 10.4. The minimum absolute atomic E-state index is 0.0635. The molecule has 0 amide bonds. The first-order valence-corrected chi connectivity index (χ1v) is 12.2. The smallest absolute Gasteiger partial charge is 0.302 e. The Hall–Kier alpha value is -0.830. The Kier molecular flexibility index (Phi) is 5.68. The molecule has 29 heavy (non-hydrogen) atoms. The van der Waals surface area contributed by atoms with E-state index >= 15 is 0 Å². The van der Waals surface area contributed by atoms with E-state index in [0.717, 1.165) is 37.5 Å². The van der Waals surface area contributed by atoms with Crippen molar-refractivity contribution in [3.63, 3.8) is 0 Å².